The molecule has 4 nitrogen and oxygen atoms in total. The first-order valence-electron chi connectivity index (χ1n) is 5.93. The summed E-state index contributed by atoms with van der Waals surface area (Å²) in [6.07, 6.45) is 0.253. The number of aliphatic hydroxyl groups is 1. The van der Waals surface area contributed by atoms with Crippen molar-refractivity contribution in [2.75, 3.05) is 0 Å². The van der Waals surface area contributed by atoms with E-state index in [4.69, 9.17) is 5.11 Å². The Morgan fingerprint density at radius 1 is 1.33 bits per heavy atom. The summed E-state index contributed by atoms with van der Waals surface area (Å²) in [5, 5.41) is 19.5. The number of aliphatic carboxylic acids is 1. The Kier molecular flexibility index (Phi) is 3.13. The highest BCUT2D eigenvalue weighted by Gasteiger charge is 2.22. The summed E-state index contributed by atoms with van der Waals surface area (Å²) >= 11 is 0. The molecule has 0 saturated carbocycles. The van der Waals surface area contributed by atoms with Crippen LogP contribution in [0.4, 0.5) is 0 Å². The summed E-state index contributed by atoms with van der Waals surface area (Å²) < 4.78 is 1.99. The first-order valence-corrected chi connectivity index (χ1v) is 5.93. The first-order chi connectivity index (χ1) is 8.41. The van der Waals surface area contributed by atoms with Gasteiger partial charge in [0, 0.05) is 28.7 Å². The maximum atomic E-state index is 10.9. The highest BCUT2D eigenvalue weighted by Crippen LogP contribution is 2.29. The van der Waals surface area contributed by atoms with Crippen LogP contribution in [0.3, 0.4) is 0 Å². The van der Waals surface area contributed by atoms with Crippen LogP contribution in [-0.4, -0.2) is 20.7 Å². The maximum Gasteiger partial charge on any atom is 0.337 e. The van der Waals surface area contributed by atoms with Crippen molar-refractivity contribution in [2.24, 2.45) is 0 Å². The number of aromatic nitrogens is 1. The fourth-order valence-corrected chi connectivity index (χ4v) is 2.17. The average molecular weight is 247 g/mol. The van der Waals surface area contributed by atoms with Crippen molar-refractivity contribution in [3.63, 3.8) is 0 Å². The number of fused-ring (bicyclic) bond motifs is 1. The van der Waals surface area contributed by atoms with E-state index in [2.05, 4.69) is 0 Å². The Balaban J connectivity index is 2.72. The van der Waals surface area contributed by atoms with Crippen LogP contribution in [0.2, 0.25) is 0 Å². The zero-order valence-electron chi connectivity index (χ0n) is 10.7. The van der Waals surface area contributed by atoms with Gasteiger partial charge in [-0.25, -0.2) is 4.79 Å². The molecule has 2 aromatic rings. The number of benzene rings is 1. The zero-order valence-corrected chi connectivity index (χ0v) is 10.7. The monoisotopic (exact) mass is 247 g/mol. The molecule has 1 atom stereocenters. The van der Waals surface area contributed by atoms with Gasteiger partial charge >= 0.3 is 5.97 Å². The lowest BCUT2D eigenvalue weighted by atomic mass is 10.1. The topological polar surface area (TPSA) is 62.5 Å². The van der Waals surface area contributed by atoms with Crippen LogP contribution in [0, 0.1) is 6.92 Å². The lowest BCUT2D eigenvalue weighted by molar-refractivity contribution is -0.146. The quantitative estimate of drug-likeness (QED) is 0.876. The molecule has 1 aromatic carbocycles. The highest BCUT2D eigenvalue weighted by atomic mass is 16.4. The van der Waals surface area contributed by atoms with Crippen molar-refractivity contribution in [3.05, 3.63) is 35.5 Å². The smallest absolute Gasteiger partial charge is 0.337 e. The minimum Gasteiger partial charge on any atom is -0.479 e. The number of hydrogen-bond donors (Lipinski definition) is 2. The minimum atomic E-state index is -1.48. The third-order valence-electron chi connectivity index (χ3n) is 3.11. The van der Waals surface area contributed by atoms with Gasteiger partial charge in [0.25, 0.3) is 0 Å². The molecular formula is C14H17NO3. The van der Waals surface area contributed by atoms with E-state index in [0.29, 0.717) is 5.56 Å². The molecule has 2 N–H and O–H groups in total. The van der Waals surface area contributed by atoms with Crippen molar-refractivity contribution in [3.8, 4) is 0 Å². The Morgan fingerprint density at radius 3 is 2.56 bits per heavy atom. The molecule has 0 spiro atoms. The van der Waals surface area contributed by atoms with E-state index >= 15 is 0 Å². The van der Waals surface area contributed by atoms with Crippen LogP contribution >= 0.6 is 0 Å². The number of rotatable bonds is 3. The van der Waals surface area contributed by atoms with Crippen molar-refractivity contribution in [2.45, 2.75) is 32.9 Å². The number of carbonyl (C=O) groups is 1. The molecule has 4 heteroatoms. The van der Waals surface area contributed by atoms with E-state index < -0.39 is 12.1 Å². The van der Waals surface area contributed by atoms with Gasteiger partial charge in [0.05, 0.1) is 0 Å². The van der Waals surface area contributed by atoms with Gasteiger partial charge in [-0.15, -0.1) is 0 Å². The summed E-state index contributed by atoms with van der Waals surface area (Å²) in [6, 6.07) is 6.01. The summed E-state index contributed by atoms with van der Waals surface area (Å²) in [5.74, 6) is -1.22. The summed E-state index contributed by atoms with van der Waals surface area (Å²) in [4.78, 5) is 10.9. The molecule has 2 rings (SSSR count). The minimum absolute atomic E-state index is 0.212. The fraction of sp³-hybridized carbons (Fsp3) is 0.357. The van der Waals surface area contributed by atoms with Gasteiger partial charge in [0.15, 0.2) is 6.10 Å². The van der Waals surface area contributed by atoms with E-state index in [-0.39, 0.29) is 6.04 Å². The van der Waals surface area contributed by atoms with Gasteiger partial charge in [-0.1, -0.05) is 12.1 Å². The molecule has 0 aliphatic rings. The molecule has 0 aliphatic heterocycles. The molecule has 0 amide bonds. The van der Waals surface area contributed by atoms with E-state index in [0.717, 1.165) is 16.5 Å². The Bertz CT molecular complexity index is 598. The number of aryl methyl sites for hydroxylation is 1. The van der Waals surface area contributed by atoms with Crippen molar-refractivity contribution >= 4 is 16.9 Å². The molecule has 1 heterocycles. The van der Waals surface area contributed by atoms with Crippen LogP contribution in [0.25, 0.3) is 10.9 Å². The molecule has 0 fully saturated rings. The van der Waals surface area contributed by atoms with E-state index in [1.807, 2.05) is 43.5 Å². The maximum absolute atomic E-state index is 10.9. The lowest BCUT2D eigenvalue weighted by Gasteiger charge is -2.09. The predicted octanol–water partition coefficient (Wildman–Crippen LogP) is 2.65. The van der Waals surface area contributed by atoms with Crippen LogP contribution in [0.5, 0.6) is 0 Å². The third kappa shape index (κ3) is 1.99. The van der Waals surface area contributed by atoms with Crippen LogP contribution in [0.15, 0.2) is 24.4 Å². The van der Waals surface area contributed by atoms with Gasteiger partial charge in [0.1, 0.15) is 0 Å². The standard InChI is InChI=1S/C14H17NO3/c1-8(2)15-7-11(13(16)14(17)18)10-5-4-9(3)6-12(10)15/h4-8,13,16H,1-3H3,(H,17,18). The number of hydrogen-bond acceptors (Lipinski definition) is 2. The van der Waals surface area contributed by atoms with Gasteiger partial charge in [0.2, 0.25) is 0 Å². The second kappa shape index (κ2) is 4.46. The largest absolute Gasteiger partial charge is 0.479 e. The van der Waals surface area contributed by atoms with Gasteiger partial charge in [-0.2, -0.15) is 0 Å². The zero-order chi connectivity index (χ0) is 13.4. The molecule has 0 saturated heterocycles. The molecule has 1 unspecified atom stereocenters. The number of carboxylic acid groups (broad SMARTS) is 1. The Morgan fingerprint density at radius 2 is 2.00 bits per heavy atom. The molecular weight excluding hydrogens is 230 g/mol. The summed E-state index contributed by atoms with van der Waals surface area (Å²) in [5.41, 5.74) is 2.52. The lowest BCUT2D eigenvalue weighted by Crippen LogP contribution is -2.10. The van der Waals surface area contributed by atoms with E-state index in [1.165, 1.54) is 0 Å². The number of nitrogens with zero attached hydrogens (tertiary/aromatic N) is 1. The van der Waals surface area contributed by atoms with Crippen LogP contribution < -0.4 is 0 Å². The van der Waals surface area contributed by atoms with E-state index in [1.54, 1.807) is 6.20 Å². The van der Waals surface area contributed by atoms with Crippen LogP contribution in [0.1, 0.15) is 37.1 Å². The van der Waals surface area contributed by atoms with Gasteiger partial charge in [-0.3, -0.25) is 0 Å². The van der Waals surface area contributed by atoms with Gasteiger partial charge in [-0.05, 0) is 32.4 Å². The SMILES string of the molecule is Cc1ccc2c(C(O)C(=O)O)cn(C(C)C)c2c1. The Hall–Kier alpha value is -1.81. The van der Waals surface area contributed by atoms with E-state index in [9.17, 15) is 9.90 Å². The number of carboxylic acids is 1. The average Bonchev–Trinajstić information content (AvgIpc) is 2.66. The summed E-state index contributed by atoms with van der Waals surface area (Å²) in [7, 11) is 0. The van der Waals surface area contributed by atoms with Crippen molar-refractivity contribution in [1.82, 2.24) is 4.57 Å². The second-order valence-corrected chi connectivity index (χ2v) is 4.85. The number of aliphatic hydroxyl groups excluding tert-OH is 1. The van der Waals surface area contributed by atoms with Crippen molar-refractivity contribution < 1.29 is 15.0 Å². The Labute approximate surface area is 105 Å². The molecule has 18 heavy (non-hydrogen) atoms. The second-order valence-electron chi connectivity index (χ2n) is 4.85. The van der Waals surface area contributed by atoms with Crippen LogP contribution in [-0.2, 0) is 4.79 Å². The van der Waals surface area contributed by atoms with Crippen molar-refractivity contribution in [1.29, 1.82) is 0 Å². The molecule has 0 radical (unpaired) electrons. The fourth-order valence-electron chi connectivity index (χ4n) is 2.17. The summed E-state index contributed by atoms with van der Waals surface area (Å²) in [6.45, 7) is 6.04. The first kappa shape index (κ1) is 12.6. The molecule has 0 aliphatic carbocycles. The normalized spacial score (nSPS) is 13.2. The van der Waals surface area contributed by atoms with Gasteiger partial charge < -0.3 is 14.8 Å². The predicted molar refractivity (Wildman–Crippen MR) is 69.7 cm³/mol. The highest BCUT2D eigenvalue weighted by molar-refractivity contribution is 5.89. The molecule has 96 valence electrons. The molecule has 1 aromatic heterocycles. The molecule has 0 bridgehead atoms. The third-order valence-corrected chi connectivity index (χ3v) is 3.11.